The molecule has 66 valence electrons. The van der Waals surface area contributed by atoms with Crippen molar-refractivity contribution in [3.63, 3.8) is 0 Å². The Bertz CT molecular complexity index is 240. The Morgan fingerprint density at radius 2 is 2.08 bits per heavy atom. The van der Waals surface area contributed by atoms with Crippen molar-refractivity contribution in [2.24, 2.45) is 0 Å². The van der Waals surface area contributed by atoms with Crippen LogP contribution in [0.15, 0.2) is 35.1 Å². The van der Waals surface area contributed by atoms with E-state index in [1.165, 1.54) is 11.1 Å². The summed E-state index contributed by atoms with van der Waals surface area (Å²) in [5.41, 5.74) is 2.76. The van der Waals surface area contributed by atoms with E-state index in [1.807, 2.05) is 0 Å². The van der Waals surface area contributed by atoms with Gasteiger partial charge in [0.2, 0.25) is 0 Å². The summed E-state index contributed by atoms with van der Waals surface area (Å²) in [5, 5.41) is 0. The smallest absolute Gasteiger partial charge is 0.0958 e. The molecule has 0 amide bonds. The summed E-state index contributed by atoms with van der Waals surface area (Å²) in [7, 11) is 1.73. The van der Waals surface area contributed by atoms with Crippen LogP contribution in [0.2, 0.25) is 0 Å². The van der Waals surface area contributed by atoms with Crippen LogP contribution in [0.5, 0.6) is 0 Å². The molecule has 0 aromatic rings. The van der Waals surface area contributed by atoms with Gasteiger partial charge in [-0.05, 0) is 31.9 Å². The standard InChI is InChI=1S/C11H16O/c1-9(2)8-10-4-6-11(12-3)7-5-10/h4,6,8H,5,7H2,1-3H3. The van der Waals surface area contributed by atoms with Crippen molar-refractivity contribution < 1.29 is 4.74 Å². The van der Waals surface area contributed by atoms with Crippen LogP contribution in [0.1, 0.15) is 26.7 Å². The van der Waals surface area contributed by atoms with Crippen LogP contribution in [0.25, 0.3) is 0 Å². The molecular weight excluding hydrogens is 148 g/mol. The number of ether oxygens (including phenoxy) is 1. The van der Waals surface area contributed by atoms with Gasteiger partial charge >= 0.3 is 0 Å². The molecule has 0 unspecified atom stereocenters. The van der Waals surface area contributed by atoms with E-state index in [-0.39, 0.29) is 0 Å². The minimum Gasteiger partial charge on any atom is -0.501 e. The molecule has 0 aromatic carbocycles. The molecule has 0 atom stereocenters. The zero-order valence-corrected chi connectivity index (χ0v) is 8.05. The fourth-order valence-corrected chi connectivity index (χ4v) is 1.30. The summed E-state index contributed by atoms with van der Waals surface area (Å²) in [6, 6.07) is 0. The molecule has 0 radical (unpaired) electrons. The first kappa shape index (κ1) is 9.11. The summed E-state index contributed by atoms with van der Waals surface area (Å²) in [6.45, 7) is 4.24. The van der Waals surface area contributed by atoms with Crippen molar-refractivity contribution in [3.8, 4) is 0 Å². The van der Waals surface area contributed by atoms with Gasteiger partial charge in [-0.25, -0.2) is 0 Å². The lowest BCUT2D eigenvalue weighted by Crippen LogP contribution is -1.93. The Labute approximate surface area is 74.4 Å². The Morgan fingerprint density at radius 3 is 2.50 bits per heavy atom. The quantitative estimate of drug-likeness (QED) is 0.609. The summed E-state index contributed by atoms with van der Waals surface area (Å²) in [6.07, 6.45) is 8.55. The van der Waals surface area contributed by atoms with Crippen molar-refractivity contribution in [1.29, 1.82) is 0 Å². The third kappa shape index (κ3) is 2.57. The van der Waals surface area contributed by atoms with Crippen molar-refractivity contribution in [2.75, 3.05) is 7.11 Å². The fourth-order valence-electron chi connectivity index (χ4n) is 1.30. The van der Waals surface area contributed by atoms with E-state index in [1.54, 1.807) is 7.11 Å². The van der Waals surface area contributed by atoms with Crippen LogP contribution >= 0.6 is 0 Å². The van der Waals surface area contributed by atoms with E-state index >= 15 is 0 Å². The summed E-state index contributed by atoms with van der Waals surface area (Å²) < 4.78 is 5.14. The predicted octanol–water partition coefficient (Wildman–Crippen LogP) is 3.20. The van der Waals surface area contributed by atoms with E-state index in [9.17, 15) is 0 Å². The van der Waals surface area contributed by atoms with Crippen LogP contribution in [0.3, 0.4) is 0 Å². The number of hydrogen-bond donors (Lipinski definition) is 0. The normalized spacial score (nSPS) is 16.2. The highest BCUT2D eigenvalue weighted by atomic mass is 16.5. The van der Waals surface area contributed by atoms with Gasteiger partial charge in [-0.3, -0.25) is 0 Å². The largest absolute Gasteiger partial charge is 0.501 e. The monoisotopic (exact) mass is 164 g/mol. The molecule has 1 heteroatoms. The van der Waals surface area contributed by atoms with Crippen LogP contribution in [-0.2, 0) is 4.74 Å². The lowest BCUT2D eigenvalue weighted by atomic mass is 10.0. The second-order valence-electron chi connectivity index (χ2n) is 3.30. The molecule has 0 bridgehead atoms. The van der Waals surface area contributed by atoms with Gasteiger partial charge in [0.05, 0.1) is 12.9 Å². The van der Waals surface area contributed by atoms with E-state index in [0.717, 1.165) is 18.6 Å². The number of methoxy groups -OCH3 is 1. The van der Waals surface area contributed by atoms with E-state index in [2.05, 4.69) is 32.1 Å². The van der Waals surface area contributed by atoms with Gasteiger partial charge in [-0.1, -0.05) is 17.7 Å². The lowest BCUT2D eigenvalue weighted by molar-refractivity contribution is 0.276. The summed E-state index contributed by atoms with van der Waals surface area (Å²) in [5.74, 6) is 1.08. The summed E-state index contributed by atoms with van der Waals surface area (Å²) in [4.78, 5) is 0. The van der Waals surface area contributed by atoms with E-state index in [4.69, 9.17) is 4.74 Å². The molecule has 0 saturated carbocycles. The van der Waals surface area contributed by atoms with E-state index < -0.39 is 0 Å². The molecule has 0 N–H and O–H groups in total. The van der Waals surface area contributed by atoms with Gasteiger partial charge in [0, 0.05) is 6.42 Å². The Balaban J connectivity index is 2.66. The zero-order valence-electron chi connectivity index (χ0n) is 8.05. The number of hydrogen-bond acceptors (Lipinski definition) is 1. The Hall–Kier alpha value is -0.980. The second-order valence-corrected chi connectivity index (χ2v) is 3.30. The molecule has 12 heavy (non-hydrogen) atoms. The first-order valence-corrected chi connectivity index (χ1v) is 4.31. The fraction of sp³-hybridized carbons (Fsp3) is 0.455. The predicted molar refractivity (Wildman–Crippen MR) is 51.8 cm³/mol. The molecule has 0 saturated heterocycles. The van der Waals surface area contributed by atoms with Crippen LogP contribution in [-0.4, -0.2) is 7.11 Å². The van der Waals surface area contributed by atoms with Crippen molar-refractivity contribution in [3.05, 3.63) is 35.1 Å². The van der Waals surface area contributed by atoms with Crippen molar-refractivity contribution in [2.45, 2.75) is 26.7 Å². The third-order valence-electron chi connectivity index (χ3n) is 1.88. The highest BCUT2D eigenvalue weighted by molar-refractivity contribution is 5.30. The van der Waals surface area contributed by atoms with Crippen LogP contribution < -0.4 is 0 Å². The minimum atomic E-state index is 1.03. The Morgan fingerprint density at radius 1 is 1.33 bits per heavy atom. The van der Waals surface area contributed by atoms with Gasteiger partial charge in [0.25, 0.3) is 0 Å². The molecule has 1 rings (SSSR count). The van der Waals surface area contributed by atoms with Gasteiger partial charge < -0.3 is 4.74 Å². The van der Waals surface area contributed by atoms with Crippen LogP contribution in [0, 0.1) is 0 Å². The van der Waals surface area contributed by atoms with Crippen molar-refractivity contribution >= 4 is 0 Å². The molecule has 0 aliphatic heterocycles. The molecule has 0 spiro atoms. The summed E-state index contributed by atoms with van der Waals surface area (Å²) >= 11 is 0. The van der Waals surface area contributed by atoms with Gasteiger partial charge in [-0.2, -0.15) is 0 Å². The molecule has 0 fully saturated rings. The average Bonchev–Trinajstić information content (AvgIpc) is 2.05. The van der Waals surface area contributed by atoms with Crippen molar-refractivity contribution in [1.82, 2.24) is 0 Å². The van der Waals surface area contributed by atoms with E-state index in [0.29, 0.717) is 0 Å². The third-order valence-corrected chi connectivity index (χ3v) is 1.88. The van der Waals surface area contributed by atoms with Gasteiger partial charge in [-0.15, -0.1) is 0 Å². The second kappa shape index (κ2) is 4.15. The first-order valence-electron chi connectivity index (χ1n) is 4.31. The first-order chi connectivity index (χ1) is 5.72. The SMILES string of the molecule is COC1=CC=C(C=C(C)C)CC1. The highest BCUT2D eigenvalue weighted by Gasteiger charge is 2.03. The molecule has 0 heterocycles. The number of rotatable bonds is 2. The van der Waals surface area contributed by atoms with Gasteiger partial charge in [0.1, 0.15) is 0 Å². The van der Waals surface area contributed by atoms with Crippen LogP contribution in [0.4, 0.5) is 0 Å². The maximum Gasteiger partial charge on any atom is 0.0958 e. The van der Waals surface area contributed by atoms with Gasteiger partial charge in [0.15, 0.2) is 0 Å². The molecule has 1 aliphatic rings. The average molecular weight is 164 g/mol. The molecule has 1 aliphatic carbocycles. The maximum atomic E-state index is 5.14. The maximum absolute atomic E-state index is 5.14. The highest BCUT2D eigenvalue weighted by Crippen LogP contribution is 2.20. The minimum absolute atomic E-state index is 1.03. The topological polar surface area (TPSA) is 9.23 Å². The molecular formula is C11H16O. The Kier molecular flexibility index (Phi) is 3.15. The zero-order chi connectivity index (χ0) is 8.97. The number of allylic oxidation sites excluding steroid dienone is 6. The lowest BCUT2D eigenvalue weighted by Gasteiger charge is -2.11. The molecule has 0 aromatic heterocycles. The molecule has 1 nitrogen and oxygen atoms in total.